The fraction of sp³-hybridized carbons (Fsp3) is 0.333. The number of hydrogen-bond donors (Lipinski definition) is 1. The molecule has 12 heavy (non-hydrogen) atoms. The maximum atomic E-state index is 8.77. The molecule has 1 heterocycles. The third-order valence-electron chi connectivity index (χ3n) is 1.94. The van der Waals surface area contributed by atoms with E-state index in [2.05, 4.69) is 15.9 Å². The molecule has 1 aromatic carbocycles. The third kappa shape index (κ3) is 1.53. The number of ether oxygens (including phenoxy) is 1. The predicted octanol–water partition coefficient (Wildman–Crippen LogP) is 1.88. The van der Waals surface area contributed by atoms with Gasteiger partial charge in [-0.1, -0.05) is 28.1 Å². The van der Waals surface area contributed by atoms with Gasteiger partial charge in [-0.05, 0) is 17.7 Å². The molecule has 1 fully saturated rings. The summed E-state index contributed by atoms with van der Waals surface area (Å²) < 4.78 is 6.28. The molecule has 0 aromatic heterocycles. The number of aliphatic hydroxyl groups is 1. The van der Waals surface area contributed by atoms with E-state index in [1.54, 1.807) is 0 Å². The quantitative estimate of drug-likeness (QED) is 0.785. The number of rotatable bonds is 2. The number of hydrogen-bond acceptors (Lipinski definition) is 2. The van der Waals surface area contributed by atoms with Crippen LogP contribution in [0.5, 0.6) is 0 Å². The molecular formula is C9H9BrO2. The van der Waals surface area contributed by atoms with Crippen LogP contribution in [0.2, 0.25) is 0 Å². The molecule has 3 heteroatoms. The fourth-order valence-corrected chi connectivity index (χ4v) is 1.68. The van der Waals surface area contributed by atoms with Crippen molar-refractivity contribution in [1.82, 2.24) is 0 Å². The highest BCUT2D eigenvalue weighted by Gasteiger charge is 2.39. The first-order valence-corrected chi connectivity index (χ1v) is 4.62. The first-order chi connectivity index (χ1) is 5.81. The Morgan fingerprint density at radius 1 is 1.50 bits per heavy atom. The molecule has 2 rings (SSSR count). The lowest BCUT2D eigenvalue weighted by atomic mass is 10.1. The Morgan fingerprint density at radius 2 is 2.33 bits per heavy atom. The zero-order valence-corrected chi connectivity index (χ0v) is 7.99. The van der Waals surface area contributed by atoms with Gasteiger partial charge in [0, 0.05) is 4.47 Å². The lowest BCUT2D eigenvalue weighted by Crippen LogP contribution is -1.94. The second kappa shape index (κ2) is 3.17. The van der Waals surface area contributed by atoms with E-state index in [-0.39, 0.29) is 18.8 Å². The van der Waals surface area contributed by atoms with Crippen molar-refractivity contribution in [3.05, 3.63) is 34.3 Å². The van der Waals surface area contributed by atoms with Crippen molar-refractivity contribution in [1.29, 1.82) is 0 Å². The smallest absolute Gasteiger partial charge is 0.112 e. The molecular weight excluding hydrogens is 220 g/mol. The lowest BCUT2D eigenvalue weighted by molar-refractivity contribution is 0.242. The molecule has 1 N–H and O–H groups in total. The number of aliphatic hydroxyl groups excluding tert-OH is 1. The average molecular weight is 229 g/mol. The third-order valence-corrected chi connectivity index (χ3v) is 2.43. The van der Waals surface area contributed by atoms with Crippen LogP contribution in [-0.4, -0.2) is 17.8 Å². The molecule has 0 unspecified atom stereocenters. The van der Waals surface area contributed by atoms with Gasteiger partial charge >= 0.3 is 0 Å². The van der Waals surface area contributed by atoms with Gasteiger partial charge in [-0.3, -0.25) is 0 Å². The number of epoxide rings is 1. The van der Waals surface area contributed by atoms with E-state index < -0.39 is 0 Å². The monoisotopic (exact) mass is 228 g/mol. The van der Waals surface area contributed by atoms with E-state index >= 15 is 0 Å². The Balaban J connectivity index is 2.14. The maximum absolute atomic E-state index is 8.77. The predicted molar refractivity (Wildman–Crippen MR) is 48.8 cm³/mol. The van der Waals surface area contributed by atoms with Gasteiger partial charge in [-0.2, -0.15) is 0 Å². The lowest BCUT2D eigenvalue weighted by Gasteiger charge is -1.95. The minimum atomic E-state index is 0.0132. The zero-order chi connectivity index (χ0) is 8.55. The molecule has 0 saturated carbocycles. The summed E-state index contributed by atoms with van der Waals surface area (Å²) in [4.78, 5) is 0. The molecule has 2 atom stereocenters. The van der Waals surface area contributed by atoms with E-state index in [4.69, 9.17) is 9.84 Å². The van der Waals surface area contributed by atoms with Crippen LogP contribution < -0.4 is 0 Å². The van der Waals surface area contributed by atoms with Crippen LogP contribution in [0.15, 0.2) is 28.7 Å². The Labute approximate surface area is 79.3 Å². The van der Waals surface area contributed by atoms with Crippen molar-refractivity contribution < 1.29 is 9.84 Å². The van der Waals surface area contributed by atoms with Crippen LogP contribution in [0.1, 0.15) is 11.7 Å². The summed E-state index contributed by atoms with van der Waals surface area (Å²) >= 11 is 3.38. The zero-order valence-electron chi connectivity index (χ0n) is 6.40. The summed E-state index contributed by atoms with van der Waals surface area (Å²) in [5.74, 6) is 0. The molecule has 2 nitrogen and oxygen atoms in total. The Hall–Kier alpha value is -0.380. The summed E-state index contributed by atoms with van der Waals surface area (Å²) in [6.07, 6.45) is 0.117. The van der Waals surface area contributed by atoms with Crippen molar-refractivity contribution in [3.8, 4) is 0 Å². The molecule has 0 bridgehead atoms. The van der Waals surface area contributed by atoms with E-state index in [1.165, 1.54) is 0 Å². The summed E-state index contributed by atoms with van der Waals surface area (Å²) in [6, 6.07) is 7.96. The Kier molecular flexibility index (Phi) is 2.17. The standard InChI is InChI=1S/C9H9BrO2/c10-7-3-1-2-6(4-7)9-8(5-11)12-9/h1-4,8-9,11H,5H2/t8-,9+/m0/s1. The first kappa shape index (κ1) is 8.23. The molecule has 1 aliphatic heterocycles. The van der Waals surface area contributed by atoms with Crippen LogP contribution in [-0.2, 0) is 4.74 Å². The molecule has 0 radical (unpaired) electrons. The van der Waals surface area contributed by atoms with Crippen LogP contribution >= 0.6 is 15.9 Å². The molecule has 1 saturated heterocycles. The van der Waals surface area contributed by atoms with Gasteiger partial charge in [0.25, 0.3) is 0 Å². The fourth-order valence-electron chi connectivity index (χ4n) is 1.26. The largest absolute Gasteiger partial charge is 0.394 e. The van der Waals surface area contributed by atoms with E-state index in [0.717, 1.165) is 10.0 Å². The van der Waals surface area contributed by atoms with Gasteiger partial charge in [0.15, 0.2) is 0 Å². The van der Waals surface area contributed by atoms with E-state index in [0.29, 0.717) is 0 Å². The van der Waals surface area contributed by atoms with Crippen LogP contribution in [0, 0.1) is 0 Å². The van der Waals surface area contributed by atoms with Crippen molar-refractivity contribution >= 4 is 15.9 Å². The highest BCUT2D eigenvalue weighted by molar-refractivity contribution is 9.10. The summed E-state index contributed by atoms with van der Waals surface area (Å²) in [5.41, 5.74) is 1.13. The van der Waals surface area contributed by atoms with Gasteiger partial charge in [0.2, 0.25) is 0 Å². The Bertz CT molecular complexity index is 288. The van der Waals surface area contributed by atoms with Gasteiger partial charge in [0.1, 0.15) is 12.2 Å². The van der Waals surface area contributed by atoms with Gasteiger partial charge < -0.3 is 9.84 Å². The highest BCUT2D eigenvalue weighted by atomic mass is 79.9. The number of benzene rings is 1. The van der Waals surface area contributed by atoms with Crippen molar-refractivity contribution in [2.45, 2.75) is 12.2 Å². The normalized spacial score (nSPS) is 27.2. The molecule has 0 amide bonds. The molecule has 0 spiro atoms. The second-order valence-electron chi connectivity index (χ2n) is 2.83. The molecule has 1 aromatic rings. The summed E-state index contributed by atoms with van der Waals surface area (Å²) in [7, 11) is 0. The number of halogens is 1. The topological polar surface area (TPSA) is 32.8 Å². The van der Waals surface area contributed by atoms with Gasteiger partial charge in [-0.15, -0.1) is 0 Å². The van der Waals surface area contributed by atoms with Crippen molar-refractivity contribution in [2.75, 3.05) is 6.61 Å². The van der Waals surface area contributed by atoms with Gasteiger partial charge in [0.05, 0.1) is 6.61 Å². The summed E-state index contributed by atoms with van der Waals surface area (Å²) in [5, 5.41) is 8.77. The van der Waals surface area contributed by atoms with Crippen LogP contribution in [0.25, 0.3) is 0 Å². The highest BCUT2D eigenvalue weighted by Crippen LogP contribution is 2.38. The molecule has 1 aliphatic rings. The maximum Gasteiger partial charge on any atom is 0.112 e. The van der Waals surface area contributed by atoms with E-state index in [9.17, 15) is 0 Å². The second-order valence-corrected chi connectivity index (χ2v) is 3.75. The first-order valence-electron chi connectivity index (χ1n) is 3.83. The average Bonchev–Trinajstić information content (AvgIpc) is 2.83. The molecule has 0 aliphatic carbocycles. The minimum Gasteiger partial charge on any atom is -0.394 e. The summed E-state index contributed by atoms with van der Waals surface area (Å²) in [6.45, 7) is 0.108. The SMILES string of the molecule is OC[C@@H]1O[C@@H]1c1cccc(Br)c1. The minimum absolute atomic E-state index is 0.0132. The van der Waals surface area contributed by atoms with Gasteiger partial charge in [-0.25, -0.2) is 0 Å². The van der Waals surface area contributed by atoms with Crippen molar-refractivity contribution in [2.24, 2.45) is 0 Å². The van der Waals surface area contributed by atoms with Crippen LogP contribution in [0.4, 0.5) is 0 Å². The molecule has 64 valence electrons. The Morgan fingerprint density at radius 3 is 2.92 bits per heavy atom. The van der Waals surface area contributed by atoms with Crippen LogP contribution in [0.3, 0.4) is 0 Å². The van der Waals surface area contributed by atoms with E-state index in [1.807, 2.05) is 24.3 Å². The van der Waals surface area contributed by atoms with Crippen molar-refractivity contribution in [3.63, 3.8) is 0 Å².